The molecule has 0 amide bonds. The van der Waals surface area contributed by atoms with Crippen LogP contribution in [0.3, 0.4) is 0 Å². The van der Waals surface area contributed by atoms with Crippen molar-refractivity contribution in [2.45, 2.75) is 31.9 Å². The number of fused-ring (bicyclic) bond motifs is 2. The number of pyridine rings is 1. The molecule has 0 unspecified atom stereocenters. The van der Waals surface area contributed by atoms with Gasteiger partial charge in [-0.15, -0.1) is 5.10 Å². The van der Waals surface area contributed by atoms with Crippen LogP contribution in [0.2, 0.25) is 0 Å². The maximum absolute atomic E-state index is 14.2. The number of hydrogen-bond donors (Lipinski definition) is 4. The van der Waals surface area contributed by atoms with Crippen molar-refractivity contribution in [3.8, 4) is 22.8 Å². The van der Waals surface area contributed by atoms with Gasteiger partial charge in [0, 0.05) is 34.8 Å². The lowest BCUT2D eigenvalue weighted by molar-refractivity contribution is -0.135. The molecule has 4 heterocycles. The summed E-state index contributed by atoms with van der Waals surface area (Å²) >= 11 is 0. The zero-order valence-electron chi connectivity index (χ0n) is 18.6. The van der Waals surface area contributed by atoms with Crippen LogP contribution in [0.5, 0.6) is 0 Å². The molecule has 0 spiro atoms. The highest BCUT2D eigenvalue weighted by Gasteiger charge is 2.38. The second-order valence-electron chi connectivity index (χ2n) is 8.39. The number of alkyl halides is 3. The molecule has 0 bridgehead atoms. The minimum absolute atomic E-state index is 0.0519. The molecule has 6 rings (SSSR count). The van der Waals surface area contributed by atoms with Gasteiger partial charge in [-0.1, -0.05) is 0 Å². The van der Waals surface area contributed by atoms with E-state index in [9.17, 15) is 18.0 Å². The van der Waals surface area contributed by atoms with Crippen molar-refractivity contribution in [3.05, 3.63) is 63.8 Å². The summed E-state index contributed by atoms with van der Waals surface area (Å²) in [5.74, 6) is 0.892. The van der Waals surface area contributed by atoms with Crippen LogP contribution in [-0.4, -0.2) is 40.3 Å². The van der Waals surface area contributed by atoms with E-state index >= 15 is 0 Å². The topological polar surface area (TPSA) is 141 Å². The number of nitrogens with one attached hydrogen (secondary N) is 4. The summed E-state index contributed by atoms with van der Waals surface area (Å²) in [5, 5.41) is 14.3. The molecule has 182 valence electrons. The van der Waals surface area contributed by atoms with Crippen LogP contribution in [0.15, 0.2) is 41.5 Å². The Morgan fingerprint density at radius 2 is 1.86 bits per heavy atom. The molecule has 4 aromatic heterocycles. The quantitative estimate of drug-likeness (QED) is 0.295. The Balaban J connectivity index is 1.48. The Labute approximate surface area is 200 Å². The van der Waals surface area contributed by atoms with Crippen LogP contribution < -0.4 is 10.9 Å². The lowest BCUT2D eigenvalue weighted by atomic mass is 9.95. The number of benzene rings is 1. The number of H-pyrrole nitrogens is 3. The molecular formula is C23H18F3N9O. The first-order chi connectivity index (χ1) is 17.4. The maximum atomic E-state index is 14.2. The highest BCUT2D eigenvalue weighted by Crippen LogP contribution is 2.40. The summed E-state index contributed by atoms with van der Waals surface area (Å²) in [7, 11) is 0. The second-order valence-corrected chi connectivity index (χ2v) is 8.39. The summed E-state index contributed by atoms with van der Waals surface area (Å²) in [4.78, 5) is 29.7. The fourth-order valence-electron chi connectivity index (χ4n) is 4.48. The van der Waals surface area contributed by atoms with Crippen molar-refractivity contribution >= 4 is 22.7 Å². The van der Waals surface area contributed by atoms with Crippen molar-refractivity contribution in [2.24, 2.45) is 0 Å². The van der Waals surface area contributed by atoms with Gasteiger partial charge in [-0.2, -0.15) is 18.2 Å². The van der Waals surface area contributed by atoms with Crippen LogP contribution in [0.25, 0.3) is 33.7 Å². The third-order valence-corrected chi connectivity index (χ3v) is 6.10. The average Bonchev–Trinajstić information content (AvgIpc) is 3.50. The van der Waals surface area contributed by atoms with Gasteiger partial charge in [-0.25, -0.2) is 9.97 Å². The van der Waals surface area contributed by atoms with Crippen LogP contribution >= 0.6 is 0 Å². The van der Waals surface area contributed by atoms with E-state index in [1.54, 1.807) is 18.5 Å². The van der Waals surface area contributed by atoms with Gasteiger partial charge < -0.3 is 5.32 Å². The molecule has 0 radical (unpaired) electrons. The number of rotatable bonds is 4. The first kappa shape index (κ1) is 21.9. The Morgan fingerprint density at radius 3 is 2.67 bits per heavy atom. The summed E-state index contributed by atoms with van der Waals surface area (Å²) < 4.78 is 42.6. The molecule has 1 aliphatic rings. The van der Waals surface area contributed by atoms with Crippen molar-refractivity contribution in [1.29, 1.82) is 0 Å². The molecular weight excluding hydrogens is 475 g/mol. The molecule has 4 N–H and O–H groups in total. The summed E-state index contributed by atoms with van der Waals surface area (Å²) in [6.07, 6.45) is 1.49. The number of anilines is 2. The van der Waals surface area contributed by atoms with Crippen LogP contribution in [-0.2, 0) is 19.0 Å². The van der Waals surface area contributed by atoms with E-state index in [0.717, 1.165) is 24.0 Å². The predicted octanol–water partition coefficient (Wildman–Crippen LogP) is 4.13. The normalized spacial score (nSPS) is 13.6. The van der Waals surface area contributed by atoms with Crippen molar-refractivity contribution in [2.75, 3.05) is 5.32 Å². The molecule has 36 heavy (non-hydrogen) atoms. The minimum atomic E-state index is -4.81. The maximum Gasteiger partial charge on any atom is 0.417 e. The highest BCUT2D eigenvalue weighted by molar-refractivity contribution is 5.88. The number of nitrogens with zero attached hydrogens (tertiary/aromatic N) is 5. The van der Waals surface area contributed by atoms with Gasteiger partial charge in [0.2, 0.25) is 5.95 Å². The third-order valence-electron chi connectivity index (χ3n) is 6.10. The van der Waals surface area contributed by atoms with E-state index in [4.69, 9.17) is 0 Å². The summed E-state index contributed by atoms with van der Waals surface area (Å²) in [6.45, 7) is 0. The molecule has 0 fully saturated rings. The van der Waals surface area contributed by atoms with Gasteiger partial charge in [0.05, 0.1) is 16.5 Å². The SMILES string of the molecule is O=c1[nH][nH]c2ccc(-c3nc4c(c(Nc5n[nH]c(-c6cccnc6)n5)n3)CCCC4)c(C(F)(F)F)c12. The van der Waals surface area contributed by atoms with E-state index < -0.39 is 22.7 Å². The fourth-order valence-corrected chi connectivity index (χ4v) is 4.48. The Hall–Kier alpha value is -4.55. The summed E-state index contributed by atoms with van der Waals surface area (Å²) in [5.41, 5.74) is 0.0295. The van der Waals surface area contributed by atoms with Gasteiger partial charge >= 0.3 is 6.18 Å². The third kappa shape index (κ3) is 3.78. The van der Waals surface area contributed by atoms with E-state index in [1.807, 2.05) is 6.07 Å². The molecule has 0 saturated heterocycles. The smallest absolute Gasteiger partial charge is 0.307 e. The number of aryl methyl sites for hydroxylation is 1. The first-order valence-electron chi connectivity index (χ1n) is 11.2. The van der Waals surface area contributed by atoms with Gasteiger partial charge in [-0.3, -0.25) is 25.1 Å². The van der Waals surface area contributed by atoms with Crippen molar-refractivity contribution < 1.29 is 13.2 Å². The zero-order valence-corrected chi connectivity index (χ0v) is 18.6. The largest absolute Gasteiger partial charge is 0.417 e. The molecule has 0 aliphatic heterocycles. The monoisotopic (exact) mass is 493 g/mol. The Bertz CT molecular complexity index is 1640. The molecule has 1 aliphatic carbocycles. The van der Waals surface area contributed by atoms with Gasteiger partial charge in [0.15, 0.2) is 11.6 Å². The van der Waals surface area contributed by atoms with Crippen molar-refractivity contribution in [3.63, 3.8) is 0 Å². The lowest BCUT2D eigenvalue weighted by Crippen LogP contribution is -2.16. The number of aromatic amines is 3. The second kappa shape index (κ2) is 8.29. The molecule has 5 aromatic rings. The van der Waals surface area contributed by atoms with Crippen LogP contribution in [0.4, 0.5) is 24.9 Å². The standard InChI is InChI=1S/C23H18F3N9O/c24-23(25,26)17-13(7-8-15-16(17)21(36)34-32-15)20-28-14-6-2-1-5-12(14)19(29-20)31-22-30-18(33-35-22)11-4-3-9-27-10-11/h3-4,7-10H,1-2,5-6H2,(H2,32,34,36)(H2,28,29,30,31,33,35). The summed E-state index contributed by atoms with van der Waals surface area (Å²) in [6, 6.07) is 6.27. The molecule has 13 heteroatoms. The van der Waals surface area contributed by atoms with Gasteiger partial charge in [0.1, 0.15) is 5.82 Å². The fraction of sp³-hybridized carbons (Fsp3) is 0.217. The molecule has 0 saturated carbocycles. The molecule has 0 atom stereocenters. The van der Waals surface area contributed by atoms with E-state index in [1.165, 1.54) is 12.1 Å². The molecule has 1 aromatic carbocycles. The van der Waals surface area contributed by atoms with E-state index in [0.29, 0.717) is 30.2 Å². The number of hydrogen-bond acceptors (Lipinski definition) is 7. The highest BCUT2D eigenvalue weighted by atomic mass is 19.4. The van der Waals surface area contributed by atoms with E-state index in [-0.39, 0.29) is 22.9 Å². The lowest BCUT2D eigenvalue weighted by Gasteiger charge is -2.20. The predicted molar refractivity (Wildman–Crippen MR) is 124 cm³/mol. The first-order valence-corrected chi connectivity index (χ1v) is 11.2. The molecule has 10 nitrogen and oxygen atoms in total. The minimum Gasteiger partial charge on any atom is -0.307 e. The Kier molecular flexibility index (Phi) is 5.05. The number of aromatic nitrogens is 8. The average molecular weight is 493 g/mol. The van der Waals surface area contributed by atoms with Crippen LogP contribution in [0, 0.1) is 0 Å². The van der Waals surface area contributed by atoms with Crippen LogP contribution in [0.1, 0.15) is 29.7 Å². The van der Waals surface area contributed by atoms with Gasteiger partial charge in [-0.05, 0) is 49.9 Å². The van der Waals surface area contributed by atoms with Crippen molar-refractivity contribution in [1.82, 2.24) is 40.3 Å². The Morgan fingerprint density at radius 1 is 1.00 bits per heavy atom. The zero-order chi connectivity index (χ0) is 24.9. The van der Waals surface area contributed by atoms with Gasteiger partial charge in [0.25, 0.3) is 5.56 Å². The van der Waals surface area contributed by atoms with E-state index in [2.05, 4.69) is 45.6 Å². The number of halogens is 3.